The van der Waals surface area contributed by atoms with E-state index in [1.54, 1.807) is 29.2 Å². The smallest absolute Gasteiger partial charge is 0.311 e. The zero-order valence-electron chi connectivity index (χ0n) is 40.9. The average molecular weight is 1170 g/mol. The van der Waals surface area contributed by atoms with Crippen molar-refractivity contribution in [3.8, 4) is 0 Å². The summed E-state index contributed by atoms with van der Waals surface area (Å²) in [6.07, 6.45) is 6.39. The first-order chi connectivity index (χ1) is 35.7. The van der Waals surface area contributed by atoms with Crippen LogP contribution in [0.5, 0.6) is 0 Å². The minimum Gasteiger partial charge on any atom is -0.511 e. The molecule has 3 aliphatic heterocycles. The van der Waals surface area contributed by atoms with E-state index in [1.807, 2.05) is 6.92 Å². The number of carboxylic acids is 1. The highest BCUT2D eigenvalue weighted by atomic mass is 32.2. The summed E-state index contributed by atoms with van der Waals surface area (Å²) in [6, 6.07) is 12.1. The van der Waals surface area contributed by atoms with Crippen LogP contribution in [0.2, 0.25) is 0 Å². The van der Waals surface area contributed by atoms with E-state index in [4.69, 9.17) is 9.84 Å². The van der Waals surface area contributed by atoms with Crippen LogP contribution in [0.15, 0.2) is 89.2 Å². The Morgan fingerprint density at radius 2 is 1.33 bits per heavy atom. The Morgan fingerprint density at radius 3 is 1.88 bits per heavy atom. The molecule has 412 valence electrons. The Morgan fingerprint density at radius 1 is 0.789 bits per heavy atom. The van der Waals surface area contributed by atoms with Crippen LogP contribution in [0.1, 0.15) is 74.1 Å². The Labute approximate surface area is 446 Å². The lowest BCUT2D eigenvalue weighted by atomic mass is 9.90. The summed E-state index contributed by atoms with van der Waals surface area (Å²) < 4.78 is 138. The number of rotatable bonds is 16. The van der Waals surface area contributed by atoms with Crippen molar-refractivity contribution in [3.05, 3.63) is 105 Å². The van der Waals surface area contributed by atoms with E-state index in [-0.39, 0.29) is 109 Å². The normalized spacial score (nSPS) is 21.2. The number of carboxylic acid groups (broad SMARTS) is 1. The number of thiophene rings is 2. The number of amides is 1. The summed E-state index contributed by atoms with van der Waals surface area (Å²) in [5.41, 5.74) is 1.99. The number of benzene rings is 2. The third kappa shape index (κ3) is 14.4. The number of nitrogens with one attached hydrogen (secondary N) is 5. The highest BCUT2D eigenvalue weighted by molar-refractivity contribution is 7.91. The monoisotopic (exact) mass is 1170 g/mol. The van der Waals surface area contributed by atoms with Gasteiger partial charge < -0.3 is 35.8 Å². The molecule has 0 bridgehead atoms. The van der Waals surface area contributed by atoms with Gasteiger partial charge in [-0.2, -0.15) is 16.8 Å². The summed E-state index contributed by atoms with van der Waals surface area (Å²) in [6.45, 7) is 2.66. The van der Waals surface area contributed by atoms with Crippen LogP contribution in [0.25, 0.3) is 0 Å². The topological polar surface area (TPSA) is 326 Å². The highest BCUT2D eigenvalue weighted by Gasteiger charge is 2.47. The molecule has 5 heterocycles. The fourth-order valence-electron chi connectivity index (χ4n) is 9.14. The molecule has 1 amide bonds. The van der Waals surface area contributed by atoms with Gasteiger partial charge >= 0.3 is 11.9 Å². The first kappa shape index (κ1) is 58.0. The number of aliphatic hydroxyl groups excluding tert-OH is 1. The lowest BCUT2D eigenvalue weighted by molar-refractivity contribution is -0.148. The molecule has 76 heavy (non-hydrogen) atoms. The molecular weight excluding hydrogens is 1120 g/mol. The fourth-order valence-corrected chi connectivity index (χ4v) is 15.2. The summed E-state index contributed by atoms with van der Waals surface area (Å²) in [7, 11) is -15.4. The average Bonchev–Trinajstić information content (AvgIpc) is 4.17. The van der Waals surface area contributed by atoms with Gasteiger partial charge in [-0.15, -0.1) is 31.5 Å². The number of carbonyl (C=O) groups is 3. The maximum absolute atomic E-state index is 13.6. The molecule has 0 spiro atoms. The SMILES string of the molecule is CCOC(=O)C1CCCC1NCc1ccc(F)cc1.CS(=O)(=O)NCc1csc2c1S(=O)(=O)N=C(C1=C(O)C3CCCC3N(Cc3ccc(F)cc3)C1=O)N2.CS(=O)(=O)NCc1csc2c1S(=O)(=O)N=C(CC(=O)O)N2. The summed E-state index contributed by atoms with van der Waals surface area (Å²) in [5.74, 6) is -3.57. The molecule has 0 radical (unpaired) electrons. The Hall–Kier alpha value is -5.73. The maximum atomic E-state index is 13.6. The van der Waals surface area contributed by atoms with E-state index in [9.17, 15) is 61.9 Å². The van der Waals surface area contributed by atoms with Crippen molar-refractivity contribution < 1.29 is 71.8 Å². The number of sulfonamides is 4. The second kappa shape index (κ2) is 23.9. The van der Waals surface area contributed by atoms with E-state index in [2.05, 4.69) is 34.2 Å². The minimum absolute atomic E-state index is 0.0413. The lowest BCUT2D eigenvalue weighted by Gasteiger charge is -2.38. The zero-order chi connectivity index (χ0) is 55.3. The van der Waals surface area contributed by atoms with Gasteiger partial charge in [0.2, 0.25) is 20.0 Å². The van der Waals surface area contributed by atoms with Crippen LogP contribution in [0.4, 0.5) is 18.8 Å². The molecule has 2 aliphatic carbocycles. The molecule has 9 rings (SSSR count). The van der Waals surface area contributed by atoms with Crippen molar-refractivity contribution >= 4 is 102 Å². The van der Waals surface area contributed by atoms with Gasteiger partial charge in [-0.25, -0.2) is 35.1 Å². The van der Waals surface area contributed by atoms with Gasteiger partial charge in [-0.1, -0.05) is 37.1 Å². The van der Waals surface area contributed by atoms with Crippen molar-refractivity contribution in [1.82, 2.24) is 19.7 Å². The number of fused-ring (bicyclic) bond motifs is 3. The predicted octanol–water partition coefficient (Wildman–Crippen LogP) is 4.90. The van der Waals surface area contributed by atoms with Gasteiger partial charge in [0.1, 0.15) is 55.0 Å². The van der Waals surface area contributed by atoms with Gasteiger partial charge in [-0.3, -0.25) is 14.4 Å². The largest absolute Gasteiger partial charge is 0.511 e. The number of nitrogens with zero attached hydrogens (tertiary/aromatic N) is 3. The van der Waals surface area contributed by atoms with Crippen LogP contribution in [-0.4, -0.2) is 110 Å². The number of hydrogen-bond donors (Lipinski definition) is 7. The van der Waals surface area contributed by atoms with Crippen LogP contribution >= 0.6 is 22.7 Å². The molecule has 5 aliphatic rings. The molecule has 2 aromatic carbocycles. The number of halogens is 2. The van der Waals surface area contributed by atoms with Crippen LogP contribution in [0.3, 0.4) is 0 Å². The summed E-state index contributed by atoms with van der Waals surface area (Å²) in [4.78, 5) is 37.3. The van der Waals surface area contributed by atoms with Gasteiger partial charge in [0.05, 0.1) is 25.0 Å². The van der Waals surface area contributed by atoms with E-state index < -0.39 is 64.2 Å². The molecule has 22 nitrogen and oxygen atoms in total. The van der Waals surface area contributed by atoms with Crippen molar-refractivity contribution in [2.45, 2.75) is 99.9 Å². The Balaban J connectivity index is 0.000000179. The second-order valence-electron chi connectivity index (χ2n) is 18.1. The first-order valence-electron chi connectivity index (χ1n) is 23.4. The third-order valence-corrected chi connectivity index (χ3v) is 18.8. The molecule has 4 aromatic rings. The number of carbonyl (C=O) groups excluding carboxylic acids is 2. The number of esters is 1. The van der Waals surface area contributed by atoms with Crippen LogP contribution < -0.4 is 25.4 Å². The van der Waals surface area contributed by atoms with Crippen LogP contribution in [0, 0.1) is 23.5 Å². The van der Waals surface area contributed by atoms with E-state index >= 15 is 0 Å². The lowest BCUT2D eigenvalue weighted by Crippen LogP contribution is -2.49. The second-order valence-corrected chi connectivity index (χ2v) is 26.6. The highest BCUT2D eigenvalue weighted by Crippen LogP contribution is 2.43. The Kier molecular flexibility index (Phi) is 18.2. The van der Waals surface area contributed by atoms with Gasteiger partial charge in [0.15, 0.2) is 5.84 Å². The minimum atomic E-state index is -4.30. The fraction of sp³-hybridized carbons (Fsp3) is 0.413. The number of amidine groups is 2. The quantitative estimate of drug-likeness (QED) is 0.0733. The molecule has 2 saturated carbocycles. The van der Waals surface area contributed by atoms with Crippen molar-refractivity contribution in [2.24, 2.45) is 20.6 Å². The first-order valence-corrected chi connectivity index (χ1v) is 31.8. The number of aliphatic hydroxyl groups is 1. The number of anilines is 2. The molecule has 0 saturated heterocycles. The summed E-state index contributed by atoms with van der Waals surface area (Å²) in [5, 5.41) is 32.0. The van der Waals surface area contributed by atoms with E-state index in [0.29, 0.717) is 31.6 Å². The van der Waals surface area contributed by atoms with Gasteiger partial charge in [0.25, 0.3) is 26.0 Å². The molecule has 2 fully saturated rings. The van der Waals surface area contributed by atoms with E-state index in [0.717, 1.165) is 66.4 Å². The van der Waals surface area contributed by atoms with Gasteiger partial charge in [-0.05, 0) is 78.8 Å². The third-order valence-electron chi connectivity index (χ3n) is 12.5. The number of hydrogen-bond acceptors (Lipinski definition) is 18. The predicted molar refractivity (Wildman–Crippen MR) is 279 cm³/mol. The van der Waals surface area contributed by atoms with E-state index in [1.165, 1.54) is 35.0 Å². The molecule has 2 aromatic heterocycles. The molecule has 30 heteroatoms. The number of aliphatic carboxylic acids is 1. The summed E-state index contributed by atoms with van der Waals surface area (Å²) >= 11 is 2.07. The van der Waals surface area contributed by atoms with Crippen molar-refractivity contribution in [3.63, 3.8) is 0 Å². The van der Waals surface area contributed by atoms with Crippen LogP contribution in [-0.2, 0) is 85.4 Å². The molecular formula is C46H54F2N8O14S6. The number of ether oxygens (including phenoxy) is 1. The molecule has 7 N–H and O–H groups in total. The van der Waals surface area contributed by atoms with Gasteiger partial charge in [0, 0.05) is 55.3 Å². The maximum Gasteiger partial charge on any atom is 0.311 e. The van der Waals surface area contributed by atoms with Crippen molar-refractivity contribution in [1.29, 1.82) is 0 Å². The molecule has 4 unspecified atom stereocenters. The zero-order valence-corrected chi connectivity index (χ0v) is 45.8. The standard InChI is InChI=1S/C22H23FN4O6S3.C15H20FNO2.C9H11N3O6S3/c1-35(30,31)24-9-13-11-34-21-19(13)36(32,33)26-20(25-21)17-18(28)15-3-2-4-16(15)27(22(17)29)10-12-5-7-14(23)8-6-12;1-2-19-15(18)13-4-3-5-14(13)17-10-11-6-8-12(16)9-7-11;1-20(15,16)10-3-5-4-19-9-8(5)21(17,18)12-6(11-9)2-7(13)14/h5-8,11,15-16,24,28H,2-4,9-10H2,1H3,(H,25,26);6-9,13-14,17H,2-5,10H2,1H3;4,10H,2-3H2,1H3,(H,11,12)(H,13,14). The Bertz CT molecular complexity index is 3420. The molecule has 4 atom stereocenters. The van der Waals surface area contributed by atoms with Crippen molar-refractivity contribution in [2.75, 3.05) is 29.8 Å².